The molecule has 0 aliphatic heterocycles. The van der Waals surface area contributed by atoms with E-state index in [9.17, 15) is 9.59 Å². The topological polar surface area (TPSA) is 75.4 Å². The number of hydrogen-bond acceptors (Lipinski definition) is 4. The van der Waals surface area contributed by atoms with Gasteiger partial charge in [-0.3, -0.25) is 9.59 Å². The van der Waals surface area contributed by atoms with E-state index in [0.717, 1.165) is 5.56 Å². The molecular formula is C18H23N3O3. The van der Waals surface area contributed by atoms with Crippen LogP contribution in [0.3, 0.4) is 0 Å². The van der Waals surface area contributed by atoms with Crippen molar-refractivity contribution in [3.63, 3.8) is 0 Å². The van der Waals surface area contributed by atoms with E-state index in [2.05, 4.69) is 10.5 Å². The monoisotopic (exact) mass is 329 g/mol. The molecule has 1 heterocycles. The minimum absolute atomic E-state index is 0.00421. The van der Waals surface area contributed by atoms with Gasteiger partial charge in [0.1, 0.15) is 5.76 Å². The van der Waals surface area contributed by atoms with Gasteiger partial charge in [-0.15, -0.1) is 0 Å². The standard InChI is InChI=1S/C18H23N3O3/c1-13(2)11-21(18(23)10-15-7-5-4-6-8-15)12-17(22)19-16-9-14(3)24-20-16/h4-9,13H,10-12H2,1-3H3,(H,19,20,22). The minimum atomic E-state index is -0.287. The molecule has 6 heteroatoms. The maximum absolute atomic E-state index is 12.6. The molecule has 1 N–H and O–H groups in total. The molecule has 6 nitrogen and oxygen atoms in total. The van der Waals surface area contributed by atoms with Crippen LogP contribution in [0.5, 0.6) is 0 Å². The molecule has 0 radical (unpaired) electrons. The number of aryl methyl sites for hydroxylation is 1. The summed E-state index contributed by atoms with van der Waals surface area (Å²) in [5.41, 5.74) is 0.934. The quantitative estimate of drug-likeness (QED) is 0.847. The van der Waals surface area contributed by atoms with E-state index < -0.39 is 0 Å². The van der Waals surface area contributed by atoms with Gasteiger partial charge in [-0.1, -0.05) is 49.3 Å². The number of nitrogens with zero attached hydrogens (tertiary/aromatic N) is 2. The molecule has 0 saturated carbocycles. The number of benzene rings is 1. The molecule has 1 aromatic carbocycles. The van der Waals surface area contributed by atoms with Gasteiger partial charge in [-0.05, 0) is 18.4 Å². The largest absolute Gasteiger partial charge is 0.360 e. The van der Waals surface area contributed by atoms with E-state index in [-0.39, 0.29) is 30.7 Å². The van der Waals surface area contributed by atoms with Crippen molar-refractivity contribution in [1.29, 1.82) is 0 Å². The molecule has 0 saturated heterocycles. The lowest BCUT2D eigenvalue weighted by atomic mass is 10.1. The van der Waals surface area contributed by atoms with E-state index in [0.29, 0.717) is 18.1 Å². The Morgan fingerprint density at radius 1 is 1.25 bits per heavy atom. The summed E-state index contributed by atoms with van der Waals surface area (Å²) in [7, 11) is 0. The number of carbonyl (C=O) groups is 2. The van der Waals surface area contributed by atoms with Gasteiger partial charge in [0, 0.05) is 12.6 Å². The van der Waals surface area contributed by atoms with Gasteiger partial charge in [0.15, 0.2) is 5.82 Å². The van der Waals surface area contributed by atoms with Crippen LogP contribution in [-0.2, 0) is 16.0 Å². The average Bonchev–Trinajstić information content (AvgIpc) is 2.92. The summed E-state index contributed by atoms with van der Waals surface area (Å²) in [4.78, 5) is 26.3. The maximum atomic E-state index is 12.6. The Kier molecular flexibility index (Phi) is 6.12. The summed E-state index contributed by atoms with van der Waals surface area (Å²) < 4.78 is 4.92. The van der Waals surface area contributed by atoms with E-state index >= 15 is 0 Å². The van der Waals surface area contributed by atoms with Crippen LogP contribution < -0.4 is 5.32 Å². The summed E-state index contributed by atoms with van der Waals surface area (Å²) in [6.45, 7) is 6.30. The second-order valence-corrected chi connectivity index (χ2v) is 6.20. The SMILES string of the molecule is Cc1cc(NC(=O)CN(CC(C)C)C(=O)Cc2ccccc2)no1. The van der Waals surface area contributed by atoms with Crippen LogP contribution in [0.1, 0.15) is 25.2 Å². The Morgan fingerprint density at radius 2 is 1.96 bits per heavy atom. The van der Waals surface area contributed by atoms with Crippen molar-refractivity contribution in [3.8, 4) is 0 Å². The first-order valence-corrected chi connectivity index (χ1v) is 7.99. The number of aromatic nitrogens is 1. The molecule has 2 rings (SSSR count). The van der Waals surface area contributed by atoms with Gasteiger partial charge < -0.3 is 14.7 Å². The molecule has 2 aromatic rings. The van der Waals surface area contributed by atoms with Crippen molar-refractivity contribution in [3.05, 3.63) is 47.7 Å². The lowest BCUT2D eigenvalue weighted by molar-refractivity contribution is -0.134. The van der Waals surface area contributed by atoms with Crippen molar-refractivity contribution in [1.82, 2.24) is 10.1 Å². The summed E-state index contributed by atoms with van der Waals surface area (Å²) in [6.07, 6.45) is 0.282. The third-order valence-electron chi connectivity index (χ3n) is 3.37. The molecule has 0 spiro atoms. The summed E-state index contributed by atoms with van der Waals surface area (Å²) in [6, 6.07) is 11.2. The van der Waals surface area contributed by atoms with Crippen molar-refractivity contribution in [2.24, 2.45) is 5.92 Å². The van der Waals surface area contributed by atoms with Crippen molar-refractivity contribution < 1.29 is 14.1 Å². The molecule has 0 aliphatic carbocycles. The first kappa shape index (κ1) is 17.7. The first-order chi connectivity index (χ1) is 11.4. The molecule has 0 unspecified atom stereocenters. The summed E-state index contributed by atoms with van der Waals surface area (Å²) >= 11 is 0. The van der Waals surface area contributed by atoms with Crippen LogP contribution >= 0.6 is 0 Å². The second-order valence-electron chi connectivity index (χ2n) is 6.20. The second kappa shape index (κ2) is 8.29. The van der Waals surface area contributed by atoms with Crippen LogP contribution in [0.2, 0.25) is 0 Å². The van der Waals surface area contributed by atoms with Crippen molar-refractivity contribution in [2.45, 2.75) is 27.2 Å². The zero-order valence-electron chi connectivity index (χ0n) is 14.3. The van der Waals surface area contributed by atoms with E-state index in [1.807, 2.05) is 44.2 Å². The number of rotatable bonds is 7. The molecule has 0 aliphatic rings. The normalized spacial score (nSPS) is 10.7. The fraction of sp³-hybridized carbons (Fsp3) is 0.389. The van der Waals surface area contributed by atoms with Crippen LogP contribution in [0, 0.1) is 12.8 Å². The van der Waals surface area contributed by atoms with Crippen LogP contribution in [0.15, 0.2) is 40.9 Å². The Morgan fingerprint density at radius 3 is 2.54 bits per heavy atom. The highest BCUT2D eigenvalue weighted by Gasteiger charge is 2.19. The number of carbonyl (C=O) groups excluding carboxylic acids is 2. The van der Waals surface area contributed by atoms with Gasteiger partial charge in [-0.25, -0.2) is 0 Å². The summed E-state index contributed by atoms with van der Waals surface area (Å²) in [5.74, 6) is 0.889. The Balaban J connectivity index is 1.98. The minimum Gasteiger partial charge on any atom is -0.360 e. The highest BCUT2D eigenvalue weighted by atomic mass is 16.5. The first-order valence-electron chi connectivity index (χ1n) is 7.99. The molecule has 0 fully saturated rings. The number of nitrogens with one attached hydrogen (secondary N) is 1. The summed E-state index contributed by atoms with van der Waals surface area (Å²) in [5, 5.41) is 6.37. The smallest absolute Gasteiger partial charge is 0.245 e. The van der Waals surface area contributed by atoms with Gasteiger partial charge in [0.2, 0.25) is 11.8 Å². The van der Waals surface area contributed by atoms with E-state index in [4.69, 9.17) is 4.52 Å². The van der Waals surface area contributed by atoms with Gasteiger partial charge >= 0.3 is 0 Å². The molecule has 128 valence electrons. The van der Waals surface area contributed by atoms with Gasteiger partial charge in [-0.2, -0.15) is 0 Å². The molecule has 0 atom stereocenters. The Labute approximate surface area is 141 Å². The number of hydrogen-bond donors (Lipinski definition) is 1. The lowest BCUT2D eigenvalue weighted by Crippen LogP contribution is -2.41. The molecule has 0 bridgehead atoms. The average molecular weight is 329 g/mol. The van der Waals surface area contributed by atoms with Crippen LogP contribution in [0.25, 0.3) is 0 Å². The Hall–Kier alpha value is -2.63. The van der Waals surface area contributed by atoms with Crippen LogP contribution in [0.4, 0.5) is 5.82 Å². The van der Waals surface area contributed by atoms with Crippen molar-refractivity contribution in [2.75, 3.05) is 18.4 Å². The highest BCUT2D eigenvalue weighted by Crippen LogP contribution is 2.09. The third kappa shape index (κ3) is 5.53. The van der Waals surface area contributed by atoms with Crippen LogP contribution in [-0.4, -0.2) is 35.0 Å². The third-order valence-corrected chi connectivity index (χ3v) is 3.37. The molecular weight excluding hydrogens is 306 g/mol. The number of amides is 2. The molecule has 24 heavy (non-hydrogen) atoms. The zero-order valence-corrected chi connectivity index (χ0v) is 14.3. The lowest BCUT2D eigenvalue weighted by Gasteiger charge is -2.24. The molecule has 1 aromatic heterocycles. The highest BCUT2D eigenvalue weighted by molar-refractivity contribution is 5.94. The van der Waals surface area contributed by atoms with Gasteiger partial charge in [0.05, 0.1) is 13.0 Å². The van der Waals surface area contributed by atoms with E-state index in [1.54, 1.807) is 17.9 Å². The molecule has 2 amide bonds. The predicted molar refractivity (Wildman–Crippen MR) is 91.4 cm³/mol. The predicted octanol–water partition coefficient (Wildman–Crippen LogP) is 2.65. The fourth-order valence-electron chi connectivity index (χ4n) is 2.36. The Bertz CT molecular complexity index is 680. The van der Waals surface area contributed by atoms with Gasteiger partial charge in [0.25, 0.3) is 0 Å². The maximum Gasteiger partial charge on any atom is 0.245 e. The zero-order chi connectivity index (χ0) is 17.5. The van der Waals surface area contributed by atoms with Crippen molar-refractivity contribution >= 4 is 17.6 Å². The van der Waals surface area contributed by atoms with E-state index in [1.165, 1.54) is 0 Å². The fourth-order valence-corrected chi connectivity index (χ4v) is 2.36. The number of anilines is 1.